The minimum Gasteiger partial charge on any atom is -0.487 e. The van der Waals surface area contributed by atoms with E-state index >= 15 is 0 Å². The van der Waals surface area contributed by atoms with Gasteiger partial charge in [0.15, 0.2) is 0 Å². The fourth-order valence-electron chi connectivity index (χ4n) is 2.18. The van der Waals surface area contributed by atoms with E-state index in [9.17, 15) is 4.79 Å². The fourth-order valence-corrected chi connectivity index (χ4v) is 2.18. The second kappa shape index (κ2) is 5.19. The highest BCUT2D eigenvalue weighted by Crippen LogP contribution is 2.36. The zero-order chi connectivity index (χ0) is 14.0. The molecule has 1 heterocycles. The van der Waals surface area contributed by atoms with E-state index in [0.717, 1.165) is 23.4 Å². The lowest BCUT2D eigenvalue weighted by molar-refractivity contribution is -0.118. The van der Waals surface area contributed by atoms with Gasteiger partial charge in [0.25, 0.3) is 0 Å². The van der Waals surface area contributed by atoms with Crippen molar-refractivity contribution in [2.24, 2.45) is 5.73 Å². The van der Waals surface area contributed by atoms with Crippen molar-refractivity contribution >= 4 is 11.6 Å². The van der Waals surface area contributed by atoms with Gasteiger partial charge in [0, 0.05) is 24.8 Å². The number of hydrogen-bond donors (Lipinski definition) is 2. The number of rotatable bonds is 4. The number of nitrogens with one attached hydrogen (secondary N) is 1. The summed E-state index contributed by atoms with van der Waals surface area (Å²) in [5.74, 6) is 0.629. The lowest BCUT2D eigenvalue weighted by atomic mass is 10.0. The predicted molar refractivity (Wildman–Crippen MR) is 73.3 cm³/mol. The molecule has 0 fully saturated rings. The van der Waals surface area contributed by atoms with Crippen LogP contribution in [-0.4, -0.2) is 31.3 Å². The highest BCUT2D eigenvalue weighted by Gasteiger charge is 2.30. The topological polar surface area (TPSA) is 73.6 Å². The van der Waals surface area contributed by atoms with Crippen LogP contribution in [0.4, 0.5) is 5.69 Å². The first-order valence-corrected chi connectivity index (χ1v) is 6.28. The molecule has 1 aliphatic rings. The molecular formula is C14H20N2O3. The Kier molecular flexibility index (Phi) is 3.78. The van der Waals surface area contributed by atoms with Gasteiger partial charge < -0.3 is 20.5 Å². The van der Waals surface area contributed by atoms with Crippen LogP contribution in [0.2, 0.25) is 0 Å². The number of carbonyl (C=O) groups is 1. The smallest absolute Gasteiger partial charge is 0.243 e. The normalized spacial score (nSPS) is 17.5. The van der Waals surface area contributed by atoms with E-state index < -0.39 is 6.04 Å². The van der Waals surface area contributed by atoms with E-state index in [2.05, 4.69) is 5.32 Å². The first-order valence-electron chi connectivity index (χ1n) is 6.28. The number of benzene rings is 1. The summed E-state index contributed by atoms with van der Waals surface area (Å²) in [7, 11) is 1.52. The molecule has 5 heteroatoms. The number of fused-ring (bicyclic) bond motifs is 1. The van der Waals surface area contributed by atoms with Gasteiger partial charge in [0.1, 0.15) is 17.4 Å². The number of anilines is 1. The minimum absolute atomic E-state index is 0.183. The molecule has 0 aliphatic carbocycles. The maximum Gasteiger partial charge on any atom is 0.243 e. The molecule has 0 bridgehead atoms. The average molecular weight is 264 g/mol. The van der Waals surface area contributed by atoms with Crippen LogP contribution in [0.5, 0.6) is 5.75 Å². The molecule has 1 aromatic carbocycles. The van der Waals surface area contributed by atoms with E-state index in [0.29, 0.717) is 0 Å². The molecule has 19 heavy (non-hydrogen) atoms. The average Bonchev–Trinajstić information content (AvgIpc) is 2.62. The Balaban J connectivity index is 2.06. The van der Waals surface area contributed by atoms with E-state index in [4.69, 9.17) is 15.2 Å². The first-order chi connectivity index (χ1) is 8.91. The van der Waals surface area contributed by atoms with Gasteiger partial charge in [-0.3, -0.25) is 4.79 Å². The molecule has 0 spiro atoms. The van der Waals surface area contributed by atoms with Crippen molar-refractivity contribution in [2.75, 3.05) is 19.0 Å². The quantitative estimate of drug-likeness (QED) is 0.860. The maximum atomic E-state index is 11.8. The number of nitrogens with two attached hydrogens (primary N) is 1. The summed E-state index contributed by atoms with van der Waals surface area (Å²) in [6.45, 7) is 4.28. The summed E-state index contributed by atoms with van der Waals surface area (Å²) < 4.78 is 10.6. The Labute approximate surface area is 113 Å². The SMILES string of the molecule is COCC(N)C(=O)Nc1ccc2c(c1)CC(C)(C)O2. The van der Waals surface area contributed by atoms with Gasteiger partial charge in [0.2, 0.25) is 5.91 Å². The molecule has 3 N–H and O–H groups in total. The van der Waals surface area contributed by atoms with Crippen molar-refractivity contribution in [2.45, 2.75) is 31.9 Å². The predicted octanol–water partition coefficient (Wildman–Crippen LogP) is 1.31. The molecule has 1 aliphatic heterocycles. The second-order valence-corrected chi connectivity index (χ2v) is 5.41. The van der Waals surface area contributed by atoms with Gasteiger partial charge in [-0.1, -0.05) is 0 Å². The standard InChI is InChI=1S/C14H20N2O3/c1-14(2)7-9-6-10(4-5-12(9)19-14)16-13(17)11(15)8-18-3/h4-6,11H,7-8,15H2,1-3H3,(H,16,17). The largest absolute Gasteiger partial charge is 0.487 e. The monoisotopic (exact) mass is 264 g/mol. The minimum atomic E-state index is -0.661. The zero-order valence-electron chi connectivity index (χ0n) is 11.5. The molecule has 104 valence electrons. The number of methoxy groups -OCH3 is 1. The Bertz CT molecular complexity index is 486. The Hall–Kier alpha value is -1.59. The lowest BCUT2D eigenvalue weighted by Gasteiger charge is -2.16. The van der Waals surface area contributed by atoms with Crippen LogP contribution in [0, 0.1) is 0 Å². The molecule has 1 aromatic rings. The molecule has 0 aromatic heterocycles. The molecule has 5 nitrogen and oxygen atoms in total. The van der Waals surface area contributed by atoms with Gasteiger partial charge in [-0.05, 0) is 32.0 Å². The molecule has 0 saturated carbocycles. The van der Waals surface area contributed by atoms with Crippen molar-refractivity contribution in [1.82, 2.24) is 0 Å². The van der Waals surface area contributed by atoms with E-state index in [1.165, 1.54) is 7.11 Å². The maximum absolute atomic E-state index is 11.8. The van der Waals surface area contributed by atoms with Crippen LogP contribution in [0.1, 0.15) is 19.4 Å². The summed E-state index contributed by atoms with van der Waals surface area (Å²) in [5, 5.41) is 2.78. The summed E-state index contributed by atoms with van der Waals surface area (Å²) in [5.41, 5.74) is 7.32. The third kappa shape index (κ3) is 3.24. The van der Waals surface area contributed by atoms with Gasteiger partial charge in [0.05, 0.1) is 6.61 Å². The Morgan fingerprint density at radius 1 is 1.58 bits per heavy atom. The number of ether oxygens (including phenoxy) is 2. The van der Waals surface area contributed by atoms with Gasteiger partial charge in [-0.25, -0.2) is 0 Å². The van der Waals surface area contributed by atoms with Crippen molar-refractivity contribution < 1.29 is 14.3 Å². The molecular weight excluding hydrogens is 244 g/mol. The summed E-state index contributed by atoms with van der Waals surface area (Å²) in [6, 6.07) is 4.96. The van der Waals surface area contributed by atoms with Crippen molar-refractivity contribution in [3.63, 3.8) is 0 Å². The number of amides is 1. The van der Waals surface area contributed by atoms with Gasteiger partial charge >= 0.3 is 0 Å². The fraction of sp³-hybridized carbons (Fsp3) is 0.500. The number of hydrogen-bond acceptors (Lipinski definition) is 4. The van der Waals surface area contributed by atoms with Gasteiger partial charge in [-0.2, -0.15) is 0 Å². The first kappa shape index (κ1) is 13.8. The lowest BCUT2D eigenvalue weighted by Crippen LogP contribution is -2.39. The van der Waals surface area contributed by atoms with Crippen LogP contribution < -0.4 is 15.8 Å². The van der Waals surface area contributed by atoms with Crippen LogP contribution in [0.3, 0.4) is 0 Å². The van der Waals surface area contributed by atoms with Crippen molar-refractivity contribution in [3.05, 3.63) is 23.8 Å². The third-order valence-electron chi connectivity index (χ3n) is 3.01. The molecule has 0 radical (unpaired) electrons. The van der Waals surface area contributed by atoms with Crippen molar-refractivity contribution in [1.29, 1.82) is 0 Å². The van der Waals surface area contributed by atoms with E-state index in [1.54, 1.807) is 0 Å². The van der Waals surface area contributed by atoms with Crippen LogP contribution >= 0.6 is 0 Å². The zero-order valence-corrected chi connectivity index (χ0v) is 11.5. The molecule has 2 rings (SSSR count). The van der Waals surface area contributed by atoms with Crippen molar-refractivity contribution in [3.8, 4) is 5.75 Å². The van der Waals surface area contributed by atoms with Crippen LogP contribution in [0.25, 0.3) is 0 Å². The summed E-state index contributed by atoms with van der Waals surface area (Å²) >= 11 is 0. The highest BCUT2D eigenvalue weighted by atomic mass is 16.5. The van der Waals surface area contributed by atoms with Crippen LogP contribution in [0.15, 0.2) is 18.2 Å². The number of carbonyl (C=O) groups excluding carboxylic acids is 1. The van der Waals surface area contributed by atoms with E-state index in [-0.39, 0.29) is 18.1 Å². The summed E-state index contributed by atoms with van der Waals surface area (Å²) in [4.78, 5) is 11.8. The second-order valence-electron chi connectivity index (χ2n) is 5.41. The summed E-state index contributed by atoms with van der Waals surface area (Å²) in [6.07, 6.45) is 0.830. The molecule has 1 atom stereocenters. The van der Waals surface area contributed by atoms with E-state index in [1.807, 2.05) is 32.0 Å². The highest BCUT2D eigenvalue weighted by molar-refractivity contribution is 5.94. The molecule has 0 saturated heterocycles. The Morgan fingerprint density at radius 2 is 2.32 bits per heavy atom. The van der Waals surface area contributed by atoms with Gasteiger partial charge in [-0.15, -0.1) is 0 Å². The molecule has 1 amide bonds. The Morgan fingerprint density at radius 3 is 3.00 bits per heavy atom. The molecule has 1 unspecified atom stereocenters. The third-order valence-corrected chi connectivity index (χ3v) is 3.01. The van der Waals surface area contributed by atoms with Crippen LogP contribution in [-0.2, 0) is 16.0 Å².